The van der Waals surface area contributed by atoms with Gasteiger partial charge in [-0.3, -0.25) is 4.57 Å². The molecule has 0 aliphatic carbocycles. The molecule has 1 atom stereocenters. The number of halogens is 1. The third-order valence-corrected chi connectivity index (χ3v) is 4.50. The molecule has 1 aliphatic heterocycles. The van der Waals surface area contributed by atoms with Crippen molar-refractivity contribution in [1.29, 1.82) is 0 Å². The van der Waals surface area contributed by atoms with Crippen LogP contribution in [0, 0.1) is 5.82 Å². The summed E-state index contributed by atoms with van der Waals surface area (Å²) in [5.74, 6) is 0.707. The van der Waals surface area contributed by atoms with Gasteiger partial charge in [0.1, 0.15) is 11.3 Å². The van der Waals surface area contributed by atoms with Gasteiger partial charge in [0.2, 0.25) is 0 Å². The number of para-hydroxylation sites is 1. The van der Waals surface area contributed by atoms with E-state index in [-0.39, 0.29) is 16.9 Å². The second kappa shape index (κ2) is 4.22. The van der Waals surface area contributed by atoms with E-state index in [4.69, 9.17) is 0 Å². The third-order valence-electron chi connectivity index (χ3n) is 3.15. The Bertz CT molecular complexity index is 598. The van der Waals surface area contributed by atoms with Gasteiger partial charge < -0.3 is 4.98 Å². The smallest absolute Gasteiger partial charge is 0.303 e. The average molecular weight is 252 g/mol. The lowest BCUT2D eigenvalue weighted by molar-refractivity contribution is 0.568. The van der Waals surface area contributed by atoms with Crippen molar-refractivity contribution in [3.63, 3.8) is 0 Å². The lowest BCUT2D eigenvalue weighted by Gasteiger charge is -2.22. The largest absolute Gasteiger partial charge is 0.327 e. The molecule has 1 fully saturated rings. The SMILES string of the molecule is O=c1[nH]c2c(F)cccc2n1C1CCCCS1. The number of aromatic amines is 1. The molecule has 1 N–H and O–H groups in total. The van der Waals surface area contributed by atoms with Crippen LogP contribution in [0.2, 0.25) is 0 Å². The number of hydrogen-bond acceptors (Lipinski definition) is 2. The lowest BCUT2D eigenvalue weighted by Crippen LogP contribution is -2.22. The number of H-pyrrole nitrogens is 1. The van der Waals surface area contributed by atoms with Crippen LogP contribution in [-0.4, -0.2) is 15.3 Å². The van der Waals surface area contributed by atoms with Crippen molar-refractivity contribution in [1.82, 2.24) is 9.55 Å². The summed E-state index contributed by atoms with van der Waals surface area (Å²) in [6, 6.07) is 4.82. The average Bonchev–Trinajstić information content (AvgIpc) is 2.68. The van der Waals surface area contributed by atoms with Crippen LogP contribution in [0.25, 0.3) is 11.0 Å². The Morgan fingerprint density at radius 1 is 1.41 bits per heavy atom. The zero-order valence-corrected chi connectivity index (χ0v) is 10.1. The maximum atomic E-state index is 13.6. The number of nitrogens with one attached hydrogen (secondary N) is 1. The third kappa shape index (κ3) is 1.78. The van der Waals surface area contributed by atoms with E-state index >= 15 is 0 Å². The molecule has 1 aliphatic rings. The number of fused-ring (bicyclic) bond motifs is 1. The molecule has 2 aromatic rings. The van der Waals surface area contributed by atoms with E-state index < -0.39 is 0 Å². The fourth-order valence-electron chi connectivity index (χ4n) is 2.33. The van der Waals surface area contributed by atoms with Crippen molar-refractivity contribution < 1.29 is 4.39 Å². The molecule has 3 rings (SSSR count). The fourth-order valence-corrected chi connectivity index (χ4v) is 3.66. The standard InChI is InChI=1S/C12H13FN2OS/c13-8-4-3-5-9-11(8)14-12(16)15(9)10-6-1-2-7-17-10/h3-5,10H,1-2,6-7H2,(H,14,16). The van der Waals surface area contributed by atoms with Gasteiger partial charge in [-0.25, -0.2) is 9.18 Å². The number of aromatic nitrogens is 2. The molecule has 0 bridgehead atoms. The molecule has 0 amide bonds. The highest BCUT2D eigenvalue weighted by Gasteiger charge is 2.20. The van der Waals surface area contributed by atoms with Crippen LogP contribution in [0.3, 0.4) is 0 Å². The Balaban J connectivity index is 2.18. The predicted octanol–water partition coefficient (Wildman–Crippen LogP) is 2.88. The summed E-state index contributed by atoms with van der Waals surface area (Å²) < 4.78 is 15.3. The van der Waals surface area contributed by atoms with Gasteiger partial charge in [-0.2, -0.15) is 0 Å². The lowest BCUT2D eigenvalue weighted by atomic mass is 10.2. The summed E-state index contributed by atoms with van der Waals surface area (Å²) in [7, 11) is 0. The minimum atomic E-state index is -0.362. The first-order valence-corrected chi connectivity index (χ1v) is 6.82. The van der Waals surface area contributed by atoms with Crippen LogP contribution in [0.1, 0.15) is 24.6 Å². The highest BCUT2D eigenvalue weighted by molar-refractivity contribution is 7.99. The summed E-state index contributed by atoms with van der Waals surface area (Å²) in [5.41, 5.74) is 0.794. The molecule has 0 radical (unpaired) electrons. The van der Waals surface area contributed by atoms with Gasteiger partial charge in [-0.05, 0) is 37.1 Å². The molecular weight excluding hydrogens is 239 g/mol. The number of nitrogens with zero attached hydrogens (tertiary/aromatic N) is 1. The Hall–Kier alpha value is -1.23. The maximum Gasteiger partial charge on any atom is 0.327 e. The summed E-state index contributed by atoms with van der Waals surface area (Å²) in [6.45, 7) is 0. The van der Waals surface area contributed by atoms with Crippen LogP contribution in [0.4, 0.5) is 4.39 Å². The quantitative estimate of drug-likeness (QED) is 0.847. The van der Waals surface area contributed by atoms with Gasteiger partial charge in [-0.15, -0.1) is 11.8 Å². The van der Waals surface area contributed by atoms with E-state index in [1.807, 2.05) is 0 Å². The van der Waals surface area contributed by atoms with Crippen molar-refractivity contribution >= 4 is 22.8 Å². The van der Waals surface area contributed by atoms with Crippen molar-refractivity contribution in [2.75, 3.05) is 5.75 Å². The molecule has 5 heteroatoms. The van der Waals surface area contributed by atoms with Crippen LogP contribution >= 0.6 is 11.8 Å². The van der Waals surface area contributed by atoms with Crippen LogP contribution < -0.4 is 5.69 Å². The first kappa shape index (κ1) is 10.9. The number of imidazole rings is 1. The number of benzene rings is 1. The second-order valence-electron chi connectivity index (χ2n) is 4.26. The second-order valence-corrected chi connectivity index (χ2v) is 5.54. The maximum absolute atomic E-state index is 13.6. The van der Waals surface area contributed by atoms with E-state index in [2.05, 4.69) is 4.98 Å². The number of rotatable bonds is 1. The van der Waals surface area contributed by atoms with E-state index in [1.165, 1.54) is 12.5 Å². The molecule has 90 valence electrons. The number of hydrogen-bond donors (Lipinski definition) is 1. The summed E-state index contributed by atoms with van der Waals surface area (Å²) in [6.07, 6.45) is 3.31. The Morgan fingerprint density at radius 3 is 3.06 bits per heavy atom. The molecule has 1 saturated heterocycles. The van der Waals surface area contributed by atoms with Crippen LogP contribution in [0.5, 0.6) is 0 Å². The summed E-state index contributed by atoms with van der Waals surface area (Å²) in [5, 5.41) is 0.145. The highest BCUT2D eigenvalue weighted by atomic mass is 32.2. The Labute approximate surface area is 102 Å². The van der Waals surface area contributed by atoms with Crippen molar-refractivity contribution in [2.24, 2.45) is 0 Å². The van der Waals surface area contributed by atoms with E-state index in [0.29, 0.717) is 11.0 Å². The van der Waals surface area contributed by atoms with E-state index in [0.717, 1.165) is 18.6 Å². The Kier molecular flexibility index (Phi) is 2.70. The zero-order chi connectivity index (χ0) is 11.8. The molecule has 0 saturated carbocycles. The molecule has 17 heavy (non-hydrogen) atoms. The van der Waals surface area contributed by atoms with Crippen LogP contribution in [-0.2, 0) is 0 Å². The Morgan fingerprint density at radius 2 is 2.29 bits per heavy atom. The minimum Gasteiger partial charge on any atom is -0.303 e. The van der Waals surface area contributed by atoms with E-state index in [9.17, 15) is 9.18 Å². The first-order valence-electron chi connectivity index (χ1n) is 5.78. The molecule has 1 aromatic heterocycles. The molecule has 2 heterocycles. The normalized spacial score (nSPS) is 20.9. The van der Waals surface area contributed by atoms with Crippen molar-refractivity contribution in [2.45, 2.75) is 24.6 Å². The highest BCUT2D eigenvalue weighted by Crippen LogP contribution is 2.34. The predicted molar refractivity (Wildman–Crippen MR) is 67.9 cm³/mol. The van der Waals surface area contributed by atoms with Crippen molar-refractivity contribution in [3.05, 3.63) is 34.5 Å². The summed E-state index contributed by atoms with van der Waals surface area (Å²) in [4.78, 5) is 14.5. The van der Waals surface area contributed by atoms with E-state index in [1.54, 1.807) is 28.5 Å². The van der Waals surface area contributed by atoms with Gasteiger partial charge in [0.05, 0.1) is 10.9 Å². The van der Waals surface area contributed by atoms with Gasteiger partial charge in [0.15, 0.2) is 0 Å². The van der Waals surface area contributed by atoms with Gasteiger partial charge in [0.25, 0.3) is 0 Å². The van der Waals surface area contributed by atoms with Crippen LogP contribution in [0.15, 0.2) is 23.0 Å². The summed E-state index contributed by atoms with van der Waals surface area (Å²) >= 11 is 1.78. The molecule has 0 spiro atoms. The molecule has 3 nitrogen and oxygen atoms in total. The topological polar surface area (TPSA) is 37.8 Å². The zero-order valence-electron chi connectivity index (χ0n) is 9.28. The minimum absolute atomic E-state index is 0.145. The fraction of sp³-hybridized carbons (Fsp3) is 0.417. The van der Waals surface area contributed by atoms with Gasteiger partial charge >= 0.3 is 5.69 Å². The monoisotopic (exact) mass is 252 g/mol. The number of thioether (sulfide) groups is 1. The first-order chi connectivity index (χ1) is 8.27. The molecule has 1 aromatic carbocycles. The molecular formula is C12H13FN2OS. The molecule has 1 unspecified atom stereocenters. The van der Waals surface area contributed by atoms with Gasteiger partial charge in [0, 0.05) is 0 Å². The van der Waals surface area contributed by atoms with Crippen molar-refractivity contribution in [3.8, 4) is 0 Å². The van der Waals surface area contributed by atoms with Gasteiger partial charge in [-0.1, -0.05) is 6.07 Å².